The van der Waals surface area contributed by atoms with Crippen LogP contribution in [0.2, 0.25) is 0 Å². The molecule has 0 heterocycles. The van der Waals surface area contributed by atoms with Gasteiger partial charge in [-0.05, 0) is 75.0 Å². The van der Waals surface area contributed by atoms with Gasteiger partial charge >= 0.3 is 0 Å². The van der Waals surface area contributed by atoms with Crippen LogP contribution in [0.1, 0.15) is 79.6 Å². The van der Waals surface area contributed by atoms with Gasteiger partial charge in [-0.2, -0.15) is 0 Å². The van der Waals surface area contributed by atoms with Gasteiger partial charge in [0, 0.05) is 0 Å². The SMILES string of the molecule is CCC(C)C12CCC(C)(CC=C(C)C)CCC1C2. The molecule has 0 saturated heterocycles. The predicted octanol–water partition coefficient (Wildman–Crippen LogP) is 5.98. The van der Waals surface area contributed by atoms with Gasteiger partial charge in [0.2, 0.25) is 0 Å². The summed E-state index contributed by atoms with van der Waals surface area (Å²) in [5, 5.41) is 0. The van der Waals surface area contributed by atoms with Crippen LogP contribution in [-0.2, 0) is 0 Å². The Morgan fingerprint density at radius 1 is 1.28 bits per heavy atom. The van der Waals surface area contributed by atoms with E-state index in [2.05, 4.69) is 40.7 Å². The minimum absolute atomic E-state index is 0.588. The van der Waals surface area contributed by atoms with Crippen molar-refractivity contribution in [2.24, 2.45) is 22.7 Å². The van der Waals surface area contributed by atoms with Crippen LogP contribution < -0.4 is 0 Å². The third-order valence-electron chi connectivity index (χ3n) is 6.17. The summed E-state index contributed by atoms with van der Waals surface area (Å²) in [6.07, 6.45) is 12.6. The maximum Gasteiger partial charge on any atom is -0.0240 e. The Morgan fingerprint density at radius 2 is 2.00 bits per heavy atom. The first kappa shape index (κ1) is 14.2. The zero-order valence-corrected chi connectivity index (χ0v) is 13.2. The monoisotopic (exact) mass is 248 g/mol. The van der Waals surface area contributed by atoms with Crippen LogP contribution in [0.15, 0.2) is 11.6 Å². The first-order valence-corrected chi connectivity index (χ1v) is 8.05. The van der Waals surface area contributed by atoms with Gasteiger partial charge in [0.25, 0.3) is 0 Å². The first-order chi connectivity index (χ1) is 8.42. The van der Waals surface area contributed by atoms with Gasteiger partial charge in [-0.3, -0.25) is 0 Å². The van der Waals surface area contributed by atoms with Crippen molar-refractivity contribution >= 4 is 0 Å². The molecular formula is C18H32. The third-order valence-corrected chi connectivity index (χ3v) is 6.17. The summed E-state index contributed by atoms with van der Waals surface area (Å²) in [4.78, 5) is 0. The van der Waals surface area contributed by atoms with Gasteiger partial charge in [-0.1, -0.05) is 38.8 Å². The van der Waals surface area contributed by atoms with E-state index in [0.29, 0.717) is 5.41 Å². The normalized spacial score (nSPS) is 40.6. The van der Waals surface area contributed by atoms with Crippen LogP contribution >= 0.6 is 0 Å². The second-order valence-electron chi connectivity index (χ2n) is 7.78. The average molecular weight is 248 g/mol. The van der Waals surface area contributed by atoms with Crippen LogP contribution in [0.5, 0.6) is 0 Å². The summed E-state index contributed by atoms with van der Waals surface area (Å²) < 4.78 is 0. The highest BCUT2D eigenvalue weighted by atomic mass is 14.6. The van der Waals surface area contributed by atoms with E-state index in [0.717, 1.165) is 17.3 Å². The molecule has 0 N–H and O–H groups in total. The molecule has 4 unspecified atom stereocenters. The number of fused-ring (bicyclic) bond motifs is 1. The zero-order valence-electron chi connectivity index (χ0n) is 13.2. The Hall–Kier alpha value is -0.260. The summed E-state index contributed by atoms with van der Waals surface area (Å²) in [6.45, 7) is 11.9. The van der Waals surface area contributed by atoms with Crippen molar-refractivity contribution in [2.45, 2.75) is 79.6 Å². The van der Waals surface area contributed by atoms with Crippen molar-refractivity contribution < 1.29 is 0 Å². The van der Waals surface area contributed by atoms with Gasteiger partial charge in [-0.15, -0.1) is 0 Å². The standard InChI is InChI=1S/C18H32/c1-6-15(4)18-12-11-17(5,9-7-14(2)3)10-8-16(18)13-18/h7,15-16H,6,8-13H2,1-5H3. The van der Waals surface area contributed by atoms with E-state index >= 15 is 0 Å². The van der Waals surface area contributed by atoms with Crippen molar-refractivity contribution in [1.82, 2.24) is 0 Å². The molecular weight excluding hydrogens is 216 g/mol. The van der Waals surface area contributed by atoms with Crippen molar-refractivity contribution in [1.29, 1.82) is 0 Å². The minimum atomic E-state index is 0.588. The molecule has 0 nitrogen and oxygen atoms in total. The van der Waals surface area contributed by atoms with Crippen LogP contribution in [-0.4, -0.2) is 0 Å². The molecule has 0 heteroatoms. The molecule has 0 bridgehead atoms. The lowest BCUT2D eigenvalue weighted by molar-refractivity contribution is 0.229. The summed E-state index contributed by atoms with van der Waals surface area (Å²) >= 11 is 0. The molecule has 0 spiro atoms. The van der Waals surface area contributed by atoms with Crippen LogP contribution in [0.25, 0.3) is 0 Å². The Labute approximate surface area is 114 Å². The highest BCUT2D eigenvalue weighted by molar-refractivity contribution is 5.08. The maximum absolute atomic E-state index is 2.53. The quantitative estimate of drug-likeness (QED) is 0.537. The smallest absolute Gasteiger partial charge is 0.0240 e. The topological polar surface area (TPSA) is 0 Å². The largest absolute Gasteiger partial charge is 0.0853 e. The molecule has 2 saturated carbocycles. The second kappa shape index (κ2) is 5.02. The molecule has 104 valence electrons. The molecule has 2 aliphatic rings. The molecule has 2 fully saturated rings. The third kappa shape index (κ3) is 2.68. The summed E-state index contributed by atoms with van der Waals surface area (Å²) in [5.41, 5.74) is 2.84. The Morgan fingerprint density at radius 3 is 2.61 bits per heavy atom. The van der Waals surface area contributed by atoms with Crippen LogP contribution in [0, 0.1) is 22.7 Å². The molecule has 0 aromatic heterocycles. The van der Waals surface area contributed by atoms with E-state index in [1.54, 1.807) is 6.42 Å². The molecule has 0 radical (unpaired) electrons. The fourth-order valence-corrected chi connectivity index (χ4v) is 4.19. The Kier molecular flexibility index (Phi) is 3.95. The fraction of sp³-hybridized carbons (Fsp3) is 0.889. The Balaban J connectivity index is 2.00. The second-order valence-corrected chi connectivity index (χ2v) is 7.78. The van der Waals surface area contributed by atoms with Gasteiger partial charge in [0.15, 0.2) is 0 Å². The number of allylic oxidation sites excluding steroid dienone is 2. The molecule has 0 amide bonds. The number of hydrogen-bond donors (Lipinski definition) is 0. The number of rotatable bonds is 4. The highest BCUT2D eigenvalue weighted by Gasteiger charge is 2.57. The van der Waals surface area contributed by atoms with Gasteiger partial charge in [0.1, 0.15) is 0 Å². The van der Waals surface area contributed by atoms with E-state index in [1.165, 1.54) is 44.1 Å². The molecule has 4 atom stereocenters. The maximum atomic E-state index is 2.53. The van der Waals surface area contributed by atoms with E-state index in [-0.39, 0.29) is 0 Å². The molecule has 0 aromatic rings. The van der Waals surface area contributed by atoms with Crippen molar-refractivity contribution in [3.63, 3.8) is 0 Å². The summed E-state index contributed by atoms with van der Waals surface area (Å²) in [5.74, 6) is 2.02. The zero-order chi connectivity index (χ0) is 13.4. The lowest BCUT2D eigenvalue weighted by Crippen LogP contribution is -2.18. The summed E-state index contributed by atoms with van der Waals surface area (Å²) in [6, 6.07) is 0. The molecule has 18 heavy (non-hydrogen) atoms. The molecule has 0 aromatic carbocycles. The Bertz CT molecular complexity index is 323. The van der Waals surface area contributed by atoms with E-state index in [4.69, 9.17) is 0 Å². The van der Waals surface area contributed by atoms with E-state index in [9.17, 15) is 0 Å². The predicted molar refractivity (Wildman–Crippen MR) is 80.6 cm³/mol. The molecule has 2 rings (SSSR count). The molecule has 2 aliphatic carbocycles. The average Bonchev–Trinajstić information content (AvgIpc) is 3.06. The van der Waals surface area contributed by atoms with Crippen LogP contribution in [0.4, 0.5) is 0 Å². The van der Waals surface area contributed by atoms with Gasteiger partial charge in [0.05, 0.1) is 0 Å². The van der Waals surface area contributed by atoms with E-state index < -0.39 is 0 Å². The first-order valence-electron chi connectivity index (χ1n) is 8.05. The van der Waals surface area contributed by atoms with E-state index in [1.807, 2.05) is 0 Å². The van der Waals surface area contributed by atoms with Gasteiger partial charge in [-0.25, -0.2) is 0 Å². The minimum Gasteiger partial charge on any atom is -0.0853 e. The summed E-state index contributed by atoms with van der Waals surface area (Å²) in [7, 11) is 0. The van der Waals surface area contributed by atoms with Crippen LogP contribution in [0.3, 0.4) is 0 Å². The molecule has 0 aliphatic heterocycles. The highest BCUT2D eigenvalue weighted by Crippen LogP contribution is 2.67. The lowest BCUT2D eigenvalue weighted by atomic mass is 9.76. The van der Waals surface area contributed by atoms with Crippen molar-refractivity contribution in [2.75, 3.05) is 0 Å². The van der Waals surface area contributed by atoms with Crippen molar-refractivity contribution in [3.8, 4) is 0 Å². The lowest BCUT2D eigenvalue weighted by Gasteiger charge is -2.29. The fourth-order valence-electron chi connectivity index (χ4n) is 4.19. The van der Waals surface area contributed by atoms with Crippen molar-refractivity contribution in [3.05, 3.63) is 11.6 Å². The van der Waals surface area contributed by atoms with Gasteiger partial charge < -0.3 is 0 Å². The number of hydrogen-bond acceptors (Lipinski definition) is 0.